The average Bonchev–Trinajstić information content (AvgIpc) is 3.02. The van der Waals surface area contributed by atoms with Crippen LogP contribution in [0.25, 0.3) is 0 Å². The van der Waals surface area contributed by atoms with Crippen molar-refractivity contribution in [1.29, 1.82) is 0 Å². The van der Waals surface area contributed by atoms with Gasteiger partial charge in [-0.1, -0.05) is 0 Å². The molecule has 140 valence electrons. The highest BCUT2D eigenvalue weighted by molar-refractivity contribution is 5.94. The molecule has 0 aliphatic carbocycles. The molecule has 0 aromatic carbocycles. The highest BCUT2D eigenvalue weighted by atomic mass is 16.5. The lowest BCUT2D eigenvalue weighted by Gasteiger charge is -2.32. The van der Waals surface area contributed by atoms with Crippen molar-refractivity contribution in [3.05, 3.63) is 41.6 Å². The minimum absolute atomic E-state index is 0.0393. The van der Waals surface area contributed by atoms with Crippen molar-refractivity contribution in [2.45, 2.75) is 32.9 Å². The van der Waals surface area contributed by atoms with E-state index in [2.05, 4.69) is 21.5 Å². The summed E-state index contributed by atoms with van der Waals surface area (Å²) in [5.74, 6) is 2.06. The third kappa shape index (κ3) is 4.04. The fourth-order valence-electron chi connectivity index (χ4n) is 3.39. The Morgan fingerprint density at radius 1 is 1.19 bits per heavy atom. The van der Waals surface area contributed by atoms with Gasteiger partial charge in [0.2, 0.25) is 5.88 Å². The van der Waals surface area contributed by atoms with Gasteiger partial charge in [0, 0.05) is 50.9 Å². The lowest BCUT2D eigenvalue weighted by molar-refractivity contribution is 0.0680. The fraction of sp³-hybridized carbons (Fsp3) is 0.526. The average molecular weight is 358 g/mol. The Bertz CT molecular complexity index is 734. The molecule has 0 N–H and O–H groups in total. The number of aromatic nitrogens is 3. The van der Waals surface area contributed by atoms with E-state index in [0.29, 0.717) is 24.0 Å². The lowest BCUT2D eigenvalue weighted by Crippen LogP contribution is -2.39. The second kappa shape index (κ2) is 8.31. The number of hydrogen-bond donors (Lipinski definition) is 0. The number of pyridine rings is 1. The number of likely N-dealkylation sites (tertiary alicyclic amines) is 1. The molecule has 26 heavy (non-hydrogen) atoms. The van der Waals surface area contributed by atoms with Gasteiger partial charge in [-0.2, -0.15) is 0 Å². The van der Waals surface area contributed by atoms with Crippen LogP contribution in [0.4, 0.5) is 0 Å². The number of piperidine rings is 1. The van der Waals surface area contributed by atoms with E-state index in [1.54, 1.807) is 32.5 Å². The topological polar surface area (TPSA) is 69.5 Å². The standard InChI is InChI=1S/C19H26N4O3/c1-14-10-20-17(13-25-2)23(14)12-15-6-8-22(9-7-15)19(24)16-4-5-18(26-3)21-11-16/h4-5,10-11,15H,6-9,12-13H2,1-3H3. The van der Waals surface area contributed by atoms with Crippen LogP contribution < -0.4 is 4.74 Å². The van der Waals surface area contributed by atoms with Crippen LogP contribution in [0.15, 0.2) is 24.5 Å². The summed E-state index contributed by atoms with van der Waals surface area (Å²) in [4.78, 5) is 23.1. The van der Waals surface area contributed by atoms with Crippen molar-refractivity contribution >= 4 is 5.91 Å². The molecule has 1 saturated heterocycles. The molecule has 1 aliphatic rings. The maximum atomic E-state index is 12.6. The number of ether oxygens (including phenoxy) is 2. The molecule has 1 aliphatic heterocycles. The summed E-state index contributed by atoms with van der Waals surface area (Å²) < 4.78 is 12.5. The van der Waals surface area contributed by atoms with E-state index < -0.39 is 0 Å². The minimum Gasteiger partial charge on any atom is -0.481 e. The van der Waals surface area contributed by atoms with Crippen LogP contribution >= 0.6 is 0 Å². The Balaban J connectivity index is 1.57. The molecule has 0 atom stereocenters. The SMILES string of the molecule is COCc1ncc(C)n1CC1CCN(C(=O)c2ccc(OC)nc2)CC1. The molecule has 0 bridgehead atoms. The normalized spacial score (nSPS) is 15.3. The number of methoxy groups -OCH3 is 2. The Labute approximate surface area is 154 Å². The van der Waals surface area contributed by atoms with Gasteiger partial charge in [-0.3, -0.25) is 4.79 Å². The quantitative estimate of drug-likeness (QED) is 0.792. The first kappa shape index (κ1) is 18.4. The third-order valence-electron chi connectivity index (χ3n) is 4.95. The van der Waals surface area contributed by atoms with Gasteiger partial charge in [0.25, 0.3) is 5.91 Å². The number of carbonyl (C=O) groups excluding carboxylic acids is 1. The molecule has 0 saturated carbocycles. The summed E-state index contributed by atoms with van der Waals surface area (Å²) in [7, 11) is 3.25. The highest BCUT2D eigenvalue weighted by Gasteiger charge is 2.25. The highest BCUT2D eigenvalue weighted by Crippen LogP contribution is 2.22. The zero-order valence-corrected chi connectivity index (χ0v) is 15.6. The van der Waals surface area contributed by atoms with Gasteiger partial charge < -0.3 is 18.9 Å². The van der Waals surface area contributed by atoms with E-state index in [-0.39, 0.29) is 5.91 Å². The van der Waals surface area contributed by atoms with Gasteiger partial charge >= 0.3 is 0 Å². The van der Waals surface area contributed by atoms with Crippen LogP contribution in [0.1, 0.15) is 34.7 Å². The number of aryl methyl sites for hydroxylation is 1. The van der Waals surface area contributed by atoms with Crippen LogP contribution in [0.5, 0.6) is 5.88 Å². The van der Waals surface area contributed by atoms with E-state index >= 15 is 0 Å². The Morgan fingerprint density at radius 2 is 1.96 bits per heavy atom. The van der Waals surface area contributed by atoms with Gasteiger partial charge in [-0.25, -0.2) is 9.97 Å². The zero-order valence-electron chi connectivity index (χ0n) is 15.6. The number of rotatable bonds is 6. The first-order valence-corrected chi connectivity index (χ1v) is 8.91. The predicted molar refractivity (Wildman–Crippen MR) is 97.1 cm³/mol. The van der Waals surface area contributed by atoms with Crippen molar-refractivity contribution in [3.63, 3.8) is 0 Å². The largest absolute Gasteiger partial charge is 0.481 e. The van der Waals surface area contributed by atoms with Crippen molar-refractivity contribution < 1.29 is 14.3 Å². The van der Waals surface area contributed by atoms with Gasteiger partial charge in [-0.05, 0) is 31.7 Å². The second-order valence-corrected chi connectivity index (χ2v) is 6.68. The van der Waals surface area contributed by atoms with E-state index in [1.807, 2.05) is 11.1 Å². The summed E-state index contributed by atoms with van der Waals surface area (Å²) in [6, 6.07) is 3.49. The first-order valence-electron chi connectivity index (χ1n) is 8.91. The minimum atomic E-state index is 0.0393. The van der Waals surface area contributed by atoms with Gasteiger partial charge in [0.15, 0.2) is 0 Å². The maximum Gasteiger partial charge on any atom is 0.255 e. The number of imidazole rings is 1. The Morgan fingerprint density at radius 3 is 2.58 bits per heavy atom. The molecule has 1 fully saturated rings. The Hall–Kier alpha value is -2.41. The summed E-state index contributed by atoms with van der Waals surface area (Å²) in [5, 5.41) is 0. The molecule has 3 rings (SSSR count). The Kier molecular flexibility index (Phi) is 5.88. The number of amides is 1. The van der Waals surface area contributed by atoms with Gasteiger partial charge in [-0.15, -0.1) is 0 Å². The van der Waals surface area contributed by atoms with Gasteiger partial charge in [0.1, 0.15) is 12.4 Å². The predicted octanol–water partition coefficient (Wildman–Crippen LogP) is 2.29. The van der Waals surface area contributed by atoms with Crippen molar-refractivity contribution in [3.8, 4) is 5.88 Å². The summed E-state index contributed by atoms with van der Waals surface area (Å²) in [6.07, 6.45) is 5.45. The van der Waals surface area contributed by atoms with E-state index in [1.165, 1.54) is 0 Å². The molecular formula is C19H26N4O3. The number of nitrogens with zero attached hydrogens (tertiary/aromatic N) is 4. The lowest BCUT2D eigenvalue weighted by atomic mass is 9.96. The molecule has 2 aromatic heterocycles. The third-order valence-corrected chi connectivity index (χ3v) is 4.95. The molecule has 7 nitrogen and oxygen atoms in total. The molecule has 2 aromatic rings. The van der Waals surface area contributed by atoms with Crippen molar-refractivity contribution in [2.75, 3.05) is 27.3 Å². The monoisotopic (exact) mass is 358 g/mol. The number of hydrogen-bond acceptors (Lipinski definition) is 5. The molecule has 7 heteroatoms. The van der Waals surface area contributed by atoms with E-state index in [4.69, 9.17) is 9.47 Å². The molecule has 0 radical (unpaired) electrons. The summed E-state index contributed by atoms with van der Waals surface area (Å²) >= 11 is 0. The maximum absolute atomic E-state index is 12.6. The first-order chi connectivity index (χ1) is 12.6. The van der Waals surface area contributed by atoms with E-state index in [0.717, 1.165) is 44.0 Å². The summed E-state index contributed by atoms with van der Waals surface area (Å²) in [6.45, 7) is 5.06. The number of carbonyl (C=O) groups is 1. The van der Waals surface area contributed by atoms with Crippen LogP contribution in [0.3, 0.4) is 0 Å². The van der Waals surface area contributed by atoms with Gasteiger partial charge in [0.05, 0.1) is 12.7 Å². The van der Waals surface area contributed by atoms with Crippen LogP contribution in [-0.2, 0) is 17.9 Å². The van der Waals surface area contributed by atoms with Crippen LogP contribution in [0, 0.1) is 12.8 Å². The second-order valence-electron chi connectivity index (χ2n) is 6.68. The molecule has 3 heterocycles. The molecular weight excluding hydrogens is 332 g/mol. The fourth-order valence-corrected chi connectivity index (χ4v) is 3.39. The van der Waals surface area contributed by atoms with E-state index in [9.17, 15) is 4.79 Å². The summed E-state index contributed by atoms with van der Waals surface area (Å²) in [5.41, 5.74) is 1.76. The van der Waals surface area contributed by atoms with Crippen molar-refractivity contribution in [1.82, 2.24) is 19.4 Å². The molecule has 0 unspecified atom stereocenters. The smallest absolute Gasteiger partial charge is 0.255 e. The van der Waals surface area contributed by atoms with Crippen molar-refractivity contribution in [2.24, 2.45) is 5.92 Å². The van der Waals surface area contributed by atoms with Crippen LogP contribution in [-0.4, -0.2) is 52.7 Å². The zero-order chi connectivity index (χ0) is 18.5. The molecule has 0 spiro atoms. The van der Waals surface area contributed by atoms with Crippen LogP contribution in [0.2, 0.25) is 0 Å². The molecule has 1 amide bonds.